The Labute approximate surface area is 132 Å². The molecule has 0 saturated heterocycles. The highest BCUT2D eigenvalue weighted by atomic mass is 35.5. The van der Waals surface area contributed by atoms with Gasteiger partial charge in [-0.2, -0.15) is 14.7 Å². The molecule has 0 amide bonds. The van der Waals surface area contributed by atoms with Gasteiger partial charge in [-0.05, 0) is 31.9 Å². The molecule has 0 fully saturated rings. The minimum absolute atomic E-state index is 0.250. The lowest BCUT2D eigenvalue weighted by atomic mass is 10.1. The molecule has 21 heavy (non-hydrogen) atoms. The van der Waals surface area contributed by atoms with Crippen LogP contribution in [0.2, 0.25) is 10.2 Å². The first-order valence-electron chi connectivity index (χ1n) is 6.37. The summed E-state index contributed by atoms with van der Waals surface area (Å²) in [6.45, 7) is 6.87. The fraction of sp³-hybridized carbons (Fsp3) is 0.357. The van der Waals surface area contributed by atoms with Gasteiger partial charge in [-0.1, -0.05) is 30.1 Å². The van der Waals surface area contributed by atoms with Crippen molar-refractivity contribution in [2.24, 2.45) is 0 Å². The molecule has 0 aromatic carbocycles. The van der Waals surface area contributed by atoms with Gasteiger partial charge in [0, 0.05) is 18.3 Å². The summed E-state index contributed by atoms with van der Waals surface area (Å²) in [4.78, 5) is 20.4. The summed E-state index contributed by atoms with van der Waals surface area (Å²) in [5, 5.41) is 5.72. The second kappa shape index (κ2) is 7.93. The molecule has 5 nitrogen and oxygen atoms in total. The van der Waals surface area contributed by atoms with E-state index in [1.807, 2.05) is 31.5 Å². The summed E-state index contributed by atoms with van der Waals surface area (Å²) >= 11 is 12.3. The van der Waals surface area contributed by atoms with Crippen molar-refractivity contribution in [3.8, 4) is 11.3 Å². The predicted molar refractivity (Wildman–Crippen MR) is 80.3 cm³/mol. The Morgan fingerprint density at radius 1 is 1.29 bits per heavy atom. The maximum absolute atomic E-state index is 8.12. The third-order valence-electron chi connectivity index (χ3n) is 2.93. The molecule has 0 aliphatic carbocycles. The lowest BCUT2D eigenvalue weighted by Gasteiger charge is -2.08. The van der Waals surface area contributed by atoms with E-state index in [-0.39, 0.29) is 6.15 Å². The fourth-order valence-electron chi connectivity index (χ4n) is 1.97. The number of carbonyl (C=O) groups excluding carboxylic acids is 2. The molecule has 2 rings (SSSR count). The summed E-state index contributed by atoms with van der Waals surface area (Å²) in [7, 11) is 0. The Balaban J connectivity index is 0.000000677. The van der Waals surface area contributed by atoms with Crippen LogP contribution in [0, 0.1) is 6.92 Å². The standard InChI is InChI=1S/C13H15Cl2N3.CO2/c1-4-10-12(15)13(18(5-2)17-10)9-7-16-11(14)6-8(9)3;2-1-3/h6-7H,4-5H2,1-3H3;. The van der Waals surface area contributed by atoms with E-state index in [4.69, 9.17) is 32.8 Å². The van der Waals surface area contributed by atoms with E-state index in [1.54, 1.807) is 6.20 Å². The molecule has 0 N–H and O–H groups in total. The lowest BCUT2D eigenvalue weighted by Crippen LogP contribution is -2.01. The first-order valence-corrected chi connectivity index (χ1v) is 7.12. The van der Waals surface area contributed by atoms with E-state index in [9.17, 15) is 0 Å². The molecular weight excluding hydrogens is 313 g/mol. The SMILES string of the molecule is CCc1nn(CC)c(-c2cnc(Cl)cc2C)c1Cl.O=C=O. The van der Waals surface area contributed by atoms with Crippen molar-refractivity contribution in [2.75, 3.05) is 0 Å². The maximum Gasteiger partial charge on any atom is 0.373 e. The van der Waals surface area contributed by atoms with Gasteiger partial charge in [-0.15, -0.1) is 0 Å². The van der Waals surface area contributed by atoms with Crippen molar-refractivity contribution in [1.29, 1.82) is 0 Å². The van der Waals surface area contributed by atoms with Crippen molar-refractivity contribution in [3.05, 3.63) is 33.7 Å². The second-order valence-corrected chi connectivity index (χ2v) is 4.95. The van der Waals surface area contributed by atoms with Crippen LogP contribution in [0.25, 0.3) is 11.3 Å². The Morgan fingerprint density at radius 2 is 1.90 bits per heavy atom. The van der Waals surface area contributed by atoms with Gasteiger partial charge in [0.2, 0.25) is 0 Å². The van der Waals surface area contributed by atoms with Crippen molar-refractivity contribution in [3.63, 3.8) is 0 Å². The van der Waals surface area contributed by atoms with E-state index < -0.39 is 0 Å². The van der Waals surface area contributed by atoms with E-state index in [1.165, 1.54) is 0 Å². The molecular formula is C14H15Cl2N3O2. The van der Waals surface area contributed by atoms with Crippen LogP contribution < -0.4 is 0 Å². The molecule has 2 aromatic heterocycles. The zero-order chi connectivity index (χ0) is 16.0. The quantitative estimate of drug-likeness (QED) is 0.808. The van der Waals surface area contributed by atoms with Crippen LogP contribution in [0.5, 0.6) is 0 Å². The first kappa shape index (κ1) is 17.4. The monoisotopic (exact) mass is 327 g/mol. The highest BCUT2D eigenvalue weighted by molar-refractivity contribution is 6.34. The third-order valence-corrected chi connectivity index (χ3v) is 3.53. The lowest BCUT2D eigenvalue weighted by molar-refractivity contribution is -0.191. The number of hydrogen-bond acceptors (Lipinski definition) is 4. The Kier molecular flexibility index (Phi) is 6.56. The molecule has 112 valence electrons. The third kappa shape index (κ3) is 3.91. The van der Waals surface area contributed by atoms with Crippen LogP contribution in [-0.4, -0.2) is 20.9 Å². The van der Waals surface area contributed by atoms with Crippen LogP contribution in [0.3, 0.4) is 0 Å². The number of aryl methyl sites for hydroxylation is 3. The number of nitrogens with zero attached hydrogens (tertiary/aromatic N) is 3. The molecule has 0 bridgehead atoms. The van der Waals surface area contributed by atoms with Gasteiger partial charge in [0.15, 0.2) is 0 Å². The van der Waals surface area contributed by atoms with Gasteiger partial charge in [0.1, 0.15) is 5.15 Å². The minimum Gasteiger partial charge on any atom is -0.263 e. The highest BCUT2D eigenvalue weighted by Gasteiger charge is 2.17. The molecule has 2 aromatic rings. The van der Waals surface area contributed by atoms with Crippen LogP contribution in [0.1, 0.15) is 25.1 Å². The van der Waals surface area contributed by atoms with Crippen molar-refractivity contribution in [2.45, 2.75) is 33.7 Å². The van der Waals surface area contributed by atoms with E-state index in [0.717, 1.165) is 35.5 Å². The van der Waals surface area contributed by atoms with Crippen LogP contribution in [-0.2, 0) is 22.6 Å². The van der Waals surface area contributed by atoms with Gasteiger partial charge in [0.25, 0.3) is 0 Å². The average Bonchev–Trinajstić information content (AvgIpc) is 2.76. The van der Waals surface area contributed by atoms with Crippen LogP contribution >= 0.6 is 23.2 Å². The molecule has 0 aliphatic heterocycles. The van der Waals surface area contributed by atoms with E-state index in [0.29, 0.717) is 10.2 Å². The van der Waals surface area contributed by atoms with Gasteiger partial charge in [-0.3, -0.25) is 4.68 Å². The first-order chi connectivity index (χ1) is 9.99. The molecule has 7 heteroatoms. The van der Waals surface area contributed by atoms with Gasteiger partial charge in [-0.25, -0.2) is 4.98 Å². The van der Waals surface area contributed by atoms with E-state index >= 15 is 0 Å². The number of halogens is 2. The fourth-order valence-corrected chi connectivity index (χ4v) is 2.55. The zero-order valence-corrected chi connectivity index (χ0v) is 13.5. The number of aromatic nitrogens is 3. The molecule has 0 spiro atoms. The summed E-state index contributed by atoms with van der Waals surface area (Å²) in [6, 6.07) is 1.84. The van der Waals surface area contributed by atoms with Gasteiger partial charge in [0.05, 0.1) is 16.4 Å². The van der Waals surface area contributed by atoms with Crippen molar-refractivity contribution >= 4 is 29.4 Å². The van der Waals surface area contributed by atoms with Gasteiger partial charge < -0.3 is 0 Å². The summed E-state index contributed by atoms with van der Waals surface area (Å²) in [5.41, 5.74) is 3.88. The summed E-state index contributed by atoms with van der Waals surface area (Å²) in [5.74, 6) is 0. The topological polar surface area (TPSA) is 64.8 Å². The average molecular weight is 328 g/mol. The van der Waals surface area contributed by atoms with Crippen molar-refractivity contribution < 1.29 is 9.59 Å². The molecule has 0 saturated carbocycles. The van der Waals surface area contributed by atoms with Gasteiger partial charge >= 0.3 is 6.15 Å². The van der Waals surface area contributed by atoms with Crippen molar-refractivity contribution in [1.82, 2.24) is 14.8 Å². The molecule has 2 heterocycles. The summed E-state index contributed by atoms with van der Waals surface area (Å²) in [6.07, 6.45) is 2.82. The smallest absolute Gasteiger partial charge is 0.263 e. The number of rotatable bonds is 3. The molecule has 0 radical (unpaired) electrons. The number of pyridine rings is 1. The van der Waals surface area contributed by atoms with E-state index in [2.05, 4.69) is 10.1 Å². The molecule has 0 aliphatic rings. The highest BCUT2D eigenvalue weighted by Crippen LogP contribution is 2.33. The van der Waals surface area contributed by atoms with Crippen LogP contribution in [0.4, 0.5) is 0 Å². The summed E-state index contributed by atoms with van der Waals surface area (Å²) < 4.78 is 1.92. The van der Waals surface area contributed by atoms with Crippen LogP contribution in [0.15, 0.2) is 12.3 Å². The normalized spacial score (nSPS) is 9.76. The Hall–Kier alpha value is -1.68. The zero-order valence-electron chi connectivity index (χ0n) is 12.0. The minimum atomic E-state index is 0.250. The maximum atomic E-state index is 8.12. The predicted octanol–water partition coefficient (Wildman–Crippen LogP) is 3.56. The molecule has 0 unspecified atom stereocenters. The Morgan fingerprint density at radius 3 is 2.38 bits per heavy atom. The number of hydrogen-bond donors (Lipinski definition) is 0. The second-order valence-electron chi connectivity index (χ2n) is 4.18. The molecule has 0 atom stereocenters. The largest absolute Gasteiger partial charge is 0.373 e. The Bertz CT molecular complexity index is 662.